The molecular formula is C20H22N3O4S-. The van der Waals surface area contributed by atoms with Gasteiger partial charge in [-0.3, -0.25) is 9.19 Å². The van der Waals surface area contributed by atoms with E-state index < -0.39 is 10.8 Å². The molecule has 0 radical (unpaired) electrons. The summed E-state index contributed by atoms with van der Waals surface area (Å²) >= 11 is 0. The van der Waals surface area contributed by atoms with Gasteiger partial charge in [0.15, 0.2) is 0 Å². The highest BCUT2D eigenvalue weighted by atomic mass is 32.2. The van der Waals surface area contributed by atoms with Gasteiger partial charge in [-0.05, 0) is 35.7 Å². The maximum absolute atomic E-state index is 12.9. The number of hydrogen-bond acceptors (Lipinski definition) is 6. The van der Waals surface area contributed by atoms with E-state index in [1.807, 2.05) is 25.1 Å². The van der Waals surface area contributed by atoms with Crippen molar-refractivity contribution < 1.29 is 18.4 Å². The first kappa shape index (κ1) is 18.9. The Kier molecular flexibility index (Phi) is 5.59. The van der Waals surface area contributed by atoms with Crippen LogP contribution < -0.4 is 14.5 Å². The van der Waals surface area contributed by atoms with Crippen LogP contribution >= 0.6 is 0 Å². The number of hydrogen-bond donors (Lipinski definition) is 0. The van der Waals surface area contributed by atoms with E-state index in [2.05, 4.69) is 15.0 Å². The molecule has 0 amide bonds. The predicted octanol–water partition coefficient (Wildman–Crippen LogP) is 2.55. The molecule has 0 saturated carbocycles. The van der Waals surface area contributed by atoms with Gasteiger partial charge < -0.3 is 24.2 Å². The lowest BCUT2D eigenvalue weighted by Gasteiger charge is -2.12. The van der Waals surface area contributed by atoms with Crippen molar-refractivity contribution >= 4 is 21.8 Å². The third-order valence-electron chi connectivity index (χ3n) is 4.70. The van der Waals surface area contributed by atoms with Crippen LogP contribution in [-0.2, 0) is 27.7 Å². The van der Waals surface area contributed by atoms with E-state index in [0.717, 1.165) is 46.7 Å². The summed E-state index contributed by atoms with van der Waals surface area (Å²) in [6, 6.07) is 5.68. The van der Waals surface area contributed by atoms with Gasteiger partial charge in [0.25, 0.3) is 0 Å². The molecule has 4 rings (SSSR count). The first-order valence-electron chi connectivity index (χ1n) is 9.20. The van der Waals surface area contributed by atoms with Gasteiger partial charge in [0.05, 0.1) is 35.5 Å². The SMILES string of the molecule is COCCCOc1ccnc(CS(=O)c2nc3cc4c(cc3[n-]2)OCC4)c1C. The third kappa shape index (κ3) is 3.88. The Balaban J connectivity index is 1.50. The summed E-state index contributed by atoms with van der Waals surface area (Å²) in [6.45, 7) is 3.83. The van der Waals surface area contributed by atoms with Crippen LogP contribution in [0.2, 0.25) is 0 Å². The highest BCUT2D eigenvalue weighted by Crippen LogP contribution is 2.30. The van der Waals surface area contributed by atoms with E-state index >= 15 is 0 Å². The number of imidazole rings is 1. The number of nitrogens with zero attached hydrogens (tertiary/aromatic N) is 3. The summed E-state index contributed by atoms with van der Waals surface area (Å²) in [5.74, 6) is 1.84. The van der Waals surface area contributed by atoms with Crippen LogP contribution in [0.3, 0.4) is 0 Å². The van der Waals surface area contributed by atoms with Crippen LogP contribution in [0.4, 0.5) is 0 Å². The zero-order valence-electron chi connectivity index (χ0n) is 15.9. The minimum Gasteiger partial charge on any atom is -0.493 e. The number of fused-ring (bicyclic) bond motifs is 2. The van der Waals surface area contributed by atoms with E-state index in [9.17, 15) is 4.21 Å². The van der Waals surface area contributed by atoms with Crippen molar-refractivity contribution in [2.45, 2.75) is 30.7 Å². The van der Waals surface area contributed by atoms with Gasteiger partial charge in [0.1, 0.15) is 11.5 Å². The molecule has 148 valence electrons. The van der Waals surface area contributed by atoms with Gasteiger partial charge in [0.2, 0.25) is 0 Å². The number of pyridine rings is 1. The van der Waals surface area contributed by atoms with Gasteiger partial charge in [-0.1, -0.05) is 6.07 Å². The molecule has 1 atom stereocenters. The monoisotopic (exact) mass is 400 g/mol. The Hall–Kier alpha value is -2.45. The van der Waals surface area contributed by atoms with Crippen LogP contribution in [0.25, 0.3) is 11.0 Å². The lowest BCUT2D eigenvalue weighted by molar-refractivity contribution is 0.172. The second kappa shape index (κ2) is 8.28. The van der Waals surface area contributed by atoms with E-state index in [4.69, 9.17) is 14.2 Å². The normalized spacial score (nSPS) is 14.1. The zero-order valence-corrected chi connectivity index (χ0v) is 16.8. The standard InChI is InChI=1S/C20H22N3O4S/c1-13-17(21-6-4-18(13)26-8-3-7-25-2)12-28(24)20-22-15-10-14-5-9-27-19(14)11-16(15)23-20/h4,6,10-11H,3,5,7-9,12H2,1-2H3/q-1. The maximum atomic E-state index is 12.9. The van der Waals surface area contributed by atoms with Crippen molar-refractivity contribution in [3.8, 4) is 11.5 Å². The molecule has 1 aliphatic rings. The smallest absolute Gasteiger partial charge is 0.125 e. The van der Waals surface area contributed by atoms with Crippen LogP contribution in [0.15, 0.2) is 29.6 Å². The molecule has 0 spiro atoms. The van der Waals surface area contributed by atoms with Crippen LogP contribution in [-0.4, -0.2) is 41.1 Å². The van der Waals surface area contributed by atoms with Crippen molar-refractivity contribution in [2.75, 3.05) is 26.9 Å². The quantitative estimate of drug-likeness (QED) is 0.537. The molecule has 3 aromatic rings. The van der Waals surface area contributed by atoms with Crippen molar-refractivity contribution in [2.24, 2.45) is 0 Å². The van der Waals surface area contributed by atoms with Crippen LogP contribution in [0.5, 0.6) is 11.5 Å². The molecule has 1 aliphatic heterocycles. The highest BCUT2D eigenvalue weighted by Gasteiger charge is 2.14. The molecule has 1 aromatic carbocycles. The van der Waals surface area contributed by atoms with E-state index in [1.165, 1.54) is 0 Å². The first-order valence-corrected chi connectivity index (χ1v) is 10.5. The Morgan fingerprint density at radius 1 is 1.32 bits per heavy atom. The average molecular weight is 400 g/mol. The highest BCUT2D eigenvalue weighted by molar-refractivity contribution is 7.84. The summed E-state index contributed by atoms with van der Waals surface area (Å²) in [7, 11) is 0.275. The van der Waals surface area contributed by atoms with E-state index in [1.54, 1.807) is 13.3 Å². The molecule has 1 unspecified atom stereocenters. The molecule has 3 heterocycles. The van der Waals surface area contributed by atoms with E-state index in [0.29, 0.717) is 30.5 Å². The number of methoxy groups -OCH3 is 1. The second-order valence-corrected chi connectivity index (χ2v) is 7.96. The Labute approximate surface area is 165 Å². The molecule has 2 aromatic heterocycles. The van der Waals surface area contributed by atoms with E-state index in [-0.39, 0.29) is 5.75 Å². The lowest BCUT2D eigenvalue weighted by Crippen LogP contribution is -2.07. The minimum absolute atomic E-state index is 0.244. The van der Waals surface area contributed by atoms with Gasteiger partial charge >= 0.3 is 0 Å². The molecule has 0 bridgehead atoms. The van der Waals surface area contributed by atoms with Crippen LogP contribution in [0.1, 0.15) is 23.2 Å². The summed E-state index contributed by atoms with van der Waals surface area (Å²) in [4.78, 5) is 13.3. The summed E-state index contributed by atoms with van der Waals surface area (Å²) < 4.78 is 29.3. The largest absolute Gasteiger partial charge is 0.493 e. The fourth-order valence-electron chi connectivity index (χ4n) is 3.15. The zero-order chi connectivity index (χ0) is 19.5. The fraction of sp³-hybridized carbons (Fsp3) is 0.400. The maximum Gasteiger partial charge on any atom is 0.125 e. The molecule has 7 nitrogen and oxygen atoms in total. The van der Waals surface area contributed by atoms with Crippen molar-refractivity contribution in [1.29, 1.82) is 0 Å². The second-order valence-electron chi connectivity index (χ2n) is 6.62. The Bertz CT molecular complexity index is 977. The number of ether oxygens (including phenoxy) is 3. The lowest BCUT2D eigenvalue weighted by atomic mass is 10.1. The predicted molar refractivity (Wildman–Crippen MR) is 105 cm³/mol. The average Bonchev–Trinajstić information content (AvgIpc) is 3.31. The summed E-state index contributed by atoms with van der Waals surface area (Å²) in [5, 5.41) is 0.325. The Morgan fingerprint density at radius 2 is 2.21 bits per heavy atom. The molecule has 8 heteroatoms. The minimum atomic E-state index is -1.39. The fourth-order valence-corrected chi connectivity index (χ4v) is 4.22. The topological polar surface area (TPSA) is 84.6 Å². The van der Waals surface area contributed by atoms with Crippen LogP contribution in [0, 0.1) is 6.92 Å². The first-order chi connectivity index (χ1) is 13.7. The number of aromatic nitrogens is 3. The number of rotatable bonds is 8. The molecule has 0 N–H and O–H groups in total. The van der Waals surface area contributed by atoms with Gasteiger partial charge in [-0.15, -0.1) is 0 Å². The molecule has 0 aliphatic carbocycles. The number of benzene rings is 1. The molecule has 28 heavy (non-hydrogen) atoms. The molecule has 0 fully saturated rings. The Morgan fingerprint density at radius 3 is 3.07 bits per heavy atom. The molecule has 0 saturated heterocycles. The summed E-state index contributed by atoms with van der Waals surface area (Å²) in [5.41, 5.74) is 4.20. The van der Waals surface area contributed by atoms with Crippen molar-refractivity contribution in [1.82, 2.24) is 15.0 Å². The third-order valence-corrected chi connectivity index (χ3v) is 5.82. The molecular weight excluding hydrogens is 378 g/mol. The van der Waals surface area contributed by atoms with Gasteiger partial charge in [-0.2, -0.15) is 0 Å². The van der Waals surface area contributed by atoms with Crippen molar-refractivity contribution in [3.05, 3.63) is 41.2 Å². The van der Waals surface area contributed by atoms with Gasteiger partial charge in [-0.25, -0.2) is 0 Å². The van der Waals surface area contributed by atoms with Gasteiger partial charge in [0, 0.05) is 43.5 Å². The van der Waals surface area contributed by atoms with Crippen molar-refractivity contribution in [3.63, 3.8) is 0 Å². The summed E-state index contributed by atoms with van der Waals surface area (Å²) in [6.07, 6.45) is 3.35.